The Morgan fingerprint density at radius 1 is 1.36 bits per heavy atom. The van der Waals surface area contributed by atoms with Gasteiger partial charge in [-0.2, -0.15) is 0 Å². The van der Waals surface area contributed by atoms with Gasteiger partial charge in [0.2, 0.25) is 0 Å². The lowest BCUT2D eigenvalue weighted by atomic mass is 10.1. The molecule has 0 aromatic rings. The van der Waals surface area contributed by atoms with Crippen molar-refractivity contribution >= 4 is 5.78 Å². The minimum absolute atomic E-state index is 0.469. The molecule has 0 aliphatic heterocycles. The van der Waals surface area contributed by atoms with Crippen molar-refractivity contribution in [1.82, 2.24) is 4.90 Å². The van der Waals surface area contributed by atoms with E-state index >= 15 is 0 Å². The predicted octanol–water partition coefficient (Wildman–Crippen LogP) is 2.23. The van der Waals surface area contributed by atoms with Gasteiger partial charge in [-0.1, -0.05) is 0 Å². The molecule has 1 unspecified atom stereocenters. The molecule has 0 aromatic carbocycles. The molecule has 0 bridgehead atoms. The van der Waals surface area contributed by atoms with Crippen LogP contribution in [0.5, 0.6) is 0 Å². The largest absolute Gasteiger partial charge is 0.300 e. The van der Waals surface area contributed by atoms with E-state index < -0.39 is 0 Å². The topological polar surface area (TPSA) is 20.3 Å². The highest BCUT2D eigenvalue weighted by atomic mass is 16.1. The SMILES string of the molecule is CC(C)N(CC1CC1)C1CCC(=O)C1. The van der Waals surface area contributed by atoms with Crippen LogP contribution >= 0.6 is 0 Å². The first-order valence-corrected chi connectivity index (χ1v) is 5.94. The summed E-state index contributed by atoms with van der Waals surface area (Å²) in [4.78, 5) is 13.8. The van der Waals surface area contributed by atoms with Crippen LogP contribution in [0.4, 0.5) is 0 Å². The summed E-state index contributed by atoms with van der Waals surface area (Å²) in [5, 5.41) is 0. The zero-order valence-corrected chi connectivity index (χ0v) is 9.33. The molecule has 14 heavy (non-hydrogen) atoms. The third-order valence-electron chi connectivity index (χ3n) is 3.52. The molecular formula is C12H21NO. The van der Waals surface area contributed by atoms with E-state index in [9.17, 15) is 4.79 Å². The van der Waals surface area contributed by atoms with Gasteiger partial charge in [0.05, 0.1) is 0 Å². The minimum atomic E-state index is 0.469. The van der Waals surface area contributed by atoms with Gasteiger partial charge in [-0.25, -0.2) is 0 Å². The number of hydrogen-bond acceptors (Lipinski definition) is 2. The maximum atomic E-state index is 11.3. The Kier molecular flexibility index (Phi) is 2.91. The summed E-state index contributed by atoms with van der Waals surface area (Å²) in [7, 11) is 0. The van der Waals surface area contributed by atoms with E-state index in [0.717, 1.165) is 25.2 Å². The molecule has 2 fully saturated rings. The number of carbonyl (C=O) groups excluding carboxylic acids is 1. The lowest BCUT2D eigenvalue weighted by Gasteiger charge is -2.32. The third-order valence-corrected chi connectivity index (χ3v) is 3.52. The first kappa shape index (κ1) is 10.2. The van der Waals surface area contributed by atoms with Crippen LogP contribution in [-0.2, 0) is 4.79 Å². The van der Waals surface area contributed by atoms with E-state index in [1.54, 1.807) is 0 Å². The van der Waals surface area contributed by atoms with Crippen LogP contribution in [0, 0.1) is 5.92 Å². The van der Waals surface area contributed by atoms with Gasteiger partial charge in [-0.3, -0.25) is 9.69 Å². The average molecular weight is 195 g/mol. The highest BCUT2D eigenvalue weighted by Crippen LogP contribution is 2.33. The van der Waals surface area contributed by atoms with Crippen LogP contribution in [0.2, 0.25) is 0 Å². The summed E-state index contributed by atoms with van der Waals surface area (Å²) in [5.41, 5.74) is 0. The fourth-order valence-electron chi connectivity index (χ4n) is 2.46. The molecule has 2 aliphatic rings. The van der Waals surface area contributed by atoms with Crippen LogP contribution in [-0.4, -0.2) is 29.3 Å². The third kappa shape index (κ3) is 2.35. The lowest BCUT2D eigenvalue weighted by Crippen LogP contribution is -2.40. The van der Waals surface area contributed by atoms with Crippen molar-refractivity contribution in [2.45, 2.75) is 58.0 Å². The number of ketones is 1. The van der Waals surface area contributed by atoms with E-state index in [4.69, 9.17) is 0 Å². The maximum Gasteiger partial charge on any atom is 0.134 e. The predicted molar refractivity (Wildman–Crippen MR) is 57.2 cm³/mol. The molecule has 2 saturated carbocycles. The Bertz CT molecular complexity index is 220. The summed E-state index contributed by atoms with van der Waals surface area (Å²) in [6.07, 6.45) is 5.54. The Labute approximate surface area is 86.7 Å². The van der Waals surface area contributed by atoms with Crippen LogP contribution in [0.1, 0.15) is 46.0 Å². The van der Waals surface area contributed by atoms with Gasteiger partial charge in [0.15, 0.2) is 0 Å². The smallest absolute Gasteiger partial charge is 0.134 e. The van der Waals surface area contributed by atoms with E-state index in [-0.39, 0.29) is 0 Å². The molecule has 2 rings (SSSR count). The Morgan fingerprint density at radius 3 is 2.50 bits per heavy atom. The molecule has 2 nitrogen and oxygen atoms in total. The fraction of sp³-hybridized carbons (Fsp3) is 0.917. The Hall–Kier alpha value is -0.370. The van der Waals surface area contributed by atoms with Crippen LogP contribution < -0.4 is 0 Å². The molecule has 0 heterocycles. The van der Waals surface area contributed by atoms with Crippen molar-refractivity contribution < 1.29 is 4.79 Å². The standard InChI is InChI=1S/C12H21NO/c1-9(2)13(8-10-3-4-10)11-5-6-12(14)7-11/h9-11H,3-8H2,1-2H3. The number of rotatable bonds is 4. The maximum absolute atomic E-state index is 11.3. The van der Waals surface area contributed by atoms with Crippen molar-refractivity contribution in [3.8, 4) is 0 Å². The van der Waals surface area contributed by atoms with Crippen molar-refractivity contribution in [3.05, 3.63) is 0 Å². The van der Waals surface area contributed by atoms with Crippen LogP contribution in [0.3, 0.4) is 0 Å². The molecule has 2 heteroatoms. The summed E-state index contributed by atoms with van der Waals surface area (Å²) in [5.74, 6) is 1.41. The quantitative estimate of drug-likeness (QED) is 0.685. The normalized spacial score (nSPS) is 28.0. The summed E-state index contributed by atoms with van der Waals surface area (Å²) in [6, 6.07) is 1.16. The Balaban J connectivity index is 1.91. The van der Waals surface area contributed by atoms with Crippen molar-refractivity contribution in [2.75, 3.05) is 6.54 Å². The van der Waals surface area contributed by atoms with Crippen molar-refractivity contribution in [2.24, 2.45) is 5.92 Å². The number of Topliss-reactive ketones (excluding diaryl/α,β-unsaturated/α-hetero) is 1. The van der Waals surface area contributed by atoms with E-state index in [2.05, 4.69) is 18.7 Å². The van der Waals surface area contributed by atoms with Gasteiger partial charge < -0.3 is 0 Å². The molecule has 2 aliphatic carbocycles. The van der Waals surface area contributed by atoms with E-state index in [1.807, 2.05) is 0 Å². The molecule has 1 atom stereocenters. The molecule has 0 aromatic heterocycles. The van der Waals surface area contributed by atoms with Crippen molar-refractivity contribution in [3.63, 3.8) is 0 Å². The molecule has 80 valence electrons. The molecular weight excluding hydrogens is 174 g/mol. The monoisotopic (exact) mass is 195 g/mol. The van der Waals surface area contributed by atoms with Gasteiger partial charge in [0, 0.05) is 31.5 Å². The number of carbonyl (C=O) groups is 1. The zero-order valence-electron chi connectivity index (χ0n) is 9.33. The second-order valence-electron chi connectivity index (χ2n) is 5.17. The van der Waals surface area contributed by atoms with Gasteiger partial charge in [0.1, 0.15) is 5.78 Å². The van der Waals surface area contributed by atoms with Gasteiger partial charge in [0.25, 0.3) is 0 Å². The molecule has 0 amide bonds. The molecule has 0 spiro atoms. The highest BCUT2D eigenvalue weighted by molar-refractivity contribution is 5.81. The summed E-state index contributed by atoms with van der Waals surface area (Å²) in [6.45, 7) is 5.74. The van der Waals surface area contributed by atoms with Gasteiger partial charge in [-0.05, 0) is 39.0 Å². The first-order chi connectivity index (χ1) is 6.66. The number of nitrogens with zero attached hydrogens (tertiary/aromatic N) is 1. The van der Waals surface area contributed by atoms with E-state index in [1.165, 1.54) is 19.4 Å². The van der Waals surface area contributed by atoms with Gasteiger partial charge in [-0.15, -0.1) is 0 Å². The fourth-order valence-corrected chi connectivity index (χ4v) is 2.46. The summed E-state index contributed by atoms with van der Waals surface area (Å²) < 4.78 is 0. The number of hydrogen-bond donors (Lipinski definition) is 0. The van der Waals surface area contributed by atoms with Gasteiger partial charge >= 0.3 is 0 Å². The van der Waals surface area contributed by atoms with E-state index in [0.29, 0.717) is 17.9 Å². The molecule has 0 radical (unpaired) electrons. The van der Waals surface area contributed by atoms with Crippen molar-refractivity contribution in [1.29, 1.82) is 0 Å². The molecule has 0 saturated heterocycles. The van der Waals surface area contributed by atoms with Crippen LogP contribution in [0.25, 0.3) is 0 Å². The molecule has 0 N–H and O–H groups in total. The summed E-state index contributed by atoms with van der Waals surface area (Å²) >= 11 is 0. The second kappa shape index (κ2) is 4.01. The average Bonchev–Trinajstić information content (AvgIpc) is 2.84. The lowest BCUT2D eigenvalue weighted by molar-refractivity contribution is -0.117. The highest BCUT2D eigenvalue weighted by Gasteiger charge is 2.33. The zero-order chi connectivity index (χ0) is 10.1. The Morgan fingerprint density at radius 2 is 2.07 bits per heavy atom. The van der Waals surface area contributed by atoms with Crippen LogP contribution in [0.15, 0.2) is 0 Å². The minimum Gasteiger partial charge on any atom is -0.300 e. The first-order valence-electron chi connectivity index (χ1n) is 5.94. The second-order valence-corrected chi connectivity index (χ2v) is 5.17.